The summed E-state index contributed by atoms with van der Waals surface area (Å²) in [5.41, 5.74) is -11.3. The number of aryl methyl sites for hydroxylation is 1. The van der Waals surface area contributed by atoms with Gasteiger partial charge in [-0.2, -0.15) is 0 Å². The normalized spacial score (nSPS) is 12.1. The molecule has 5 rings (SSSR count). The van der Waals surface area contributed by atoms with E-state index in [1.54, 1.807) is 4.90 Å². The molecule has 0 spiro atoms. The number of unbranched alkanes of at least 4 members (excludes halogenated alkanes) is 22. The number of quaternary nitrogens is 1. The minimum absolute atomic E-state index is 1.26. The molecular formula is C59H66BF20N. The molecule has 5 aromatic rings. The predicted octanol–water partition coefficient (Wildman–Crippen LogP) is 16.6. The number of rotatable bonds is 31. The zero-order chi connectivity index (χ0) is 60.3. The highest BCUT2D eigenvalue weighted by Crippen LogP contribution is 2.31. The van der Waals surface area contributed by atoms with Gasteiger partial charge in [-0.15, -0.1) is 21.9 Å². The van der Waals surface area contributed by atoms with Crippen molar-refractivity contribution < 1.29 is 92.7 Å². The molecule has 0 radical (unpaired) electrons. The van der Waals surface area contributed by atoms with Gasteiger partial charge in [0, 0.05) is 0 Å². The fourth-order valence-corrected chi connectivity index (χ4v) is 10.4. The Bertz CT molecular complexity index is 2460. The Morgan fingerprint density at radius 3 is 0.691 bits per heavy atom. The number of hydrogen-bond donors (Lipinski definition) is 1. The molecule has 5 aromatic carbocycles. The minimum atomic E-state index is -7.22. The van der Waals surface area contributed by atoms with Gasteiger partial charge < -0.3 is 4.90 Å². The van der Waals surface area contributed by atoms with Crippen LogP contribution in [0.15, 0.2) is 24.3 Å². The second-order valence-corrected chi connectivity index (χ2v) is 20.6. The summed E-state index contributed by atoms with van der Waals surface area (Å²) in [5.74, 6) is -71.4. The number of hydrogen-bond acceptors (Lipinski definition) is 0. The lowest BCUT2D eigenvalue weighted by Crippen LogP contribution is -3.03. The zero-order valence-electron chi connectivity index (χ0n) is 45.3. The summed E-state index contributed by atoms with van der Waals surface area (Å²) in [7, 11) is 2.34. The fraction of sp³-hybridized carbons (Fsp3) is 0.492. The highest BCUT2D eigenvalue weighted by molar-refractivity contribution is 7.20. The summed E-state index contributed by atoms with van der Waals surface area (Å²) >= 11 is 0. The van der Waals surface area contributed by atoms with Gasteiger partial charge in [0.2, 0.25) is 0 Å². The molecule has 0 aliphatic rings. The van der Waals surface area contributed by atoms with Gasteiger partial charge in [0.1, 0.15) is 58.4 Å². The predicted molar refractivity (Wildman–Crippen MR) is 273 cm³/mol. The topological polar surface area (TPSA) is 4.44 Å². The lowest BCUT2D eigenvalue weighted by Gasteiger charge is -2.44. The average molecular weight is 1180 g/mol. The van der Waals surface area contributed by atoms with Crippen molar-refractivity contribution in [2.75, 3.05) is 13.6 Å². The quantitative estimate of drug-likeness (QED) is 0.0148. The lowest BCUT2D eigenvalue weighted by atomic mass is 9.12. The molecular weight excluding hydrogens is 1110 g/mol. The Morgan fingerprint density at radius 2 is 0.457 bits per heavy atom. The third-order valence-electron chi connectivity index (χ3n) is 14.9. The smallest absolute Gasteiger partial charge is 0.200 e. The second-order valence-electron chi connectivity index (χ2n) is 20.6. The standard InChI is InChI=1S/C35H65N.C24BF20/c1-4-6-8-10-12-14-15-16-17-18-19-20-21-22-24-26-28-34-29-31-35(32-30-34)36(3)33-27-25-23-13-11-9-7-5-2;26-5-1(6(27)14(35)21(42)13(5)34)25(2-7(28)15(36)22(43)16(37)8(2)29,3-9(30)17(38)23(44)18(39)10(3)31)4-11(32)19(40)24(45)20(41)12(4)33/h29-32H,4-28,33H2,1-3H3;/q;-1/p+1. The summed E-state index contributed by atoms with van der Waals surface area (Å²) < 4.78 is 294. The third kappa shape index (κ3) is 16.1. The summed E-state index contributed by atoms with van der Waals surface area (Å²) in [4.78, 5) is 1.58. The molecule has 0 saturated heterocycles. The van der Waals surface area contributed by atoms with Crippen molar-refractivity contribution in [3.63, 3.8) is 0 Å². The molecule has 81 heavy (non-hydrogen) atoms. The molecule has 22 heteroatoms. The van der Waals surface area contributed by atoms with E-state index in [0.717, 1.165) is 0 Å². The van der Waals surface area contributed by atoms with Crippen molar-refractivity contribution in [3.8, 4) is 0 Å². The molecule has 1 unspecified atom stereocenters. The molecule has 0 heterocycles. The van der Waals surface area contributed by atoms with E-state index in [1.807, 2.05) is 0 Å². The van der Waals surface area contributed by atoms with Gasteiger partial charge in [-0.05, 0) is 43.4 Å². The van der Waals surface area contributed by atoms with Crippen molar-refractivity contribution in [1.82, 2.24) is 0 Å². The van der Waals surface area contributed by atoms with Gasteiger partial charge in [0.05, 0.1) is 13.6 Å². The van der Waals surface area contributed by atoms with E-state index in [9.17, 15) is 52.7 Å². The first-order valence-electron chi connectivity index (χ1n) is 27.6. The SMILES string of the molecule is CCCCCCCCCCCCCCCCCCc1ccc([NH+](C)CCCCCCCCCC)cc1.Fc1c(F)c(F)c([B-](c2c(F)c(F)c(F)c(F)c2F)(c2c(F)c(F)c(F)c(F)c2F)c2c(F)c(F)c(F)c(F)c2F)c(F)c1F. The van der Waals surface area contributed by atoms with E-state index in [-0.39, 0.29) is 0 Å². The molecule has 1 atom stereocenters. The second kappa shape index (κ2) is 32.5. The van der Waals surface area contributed by atoms with Crippen LogP contribution in [0, 0.1) is 116 Å². The van der Waals surface area contributed by atoms with Crippen LogP contribution in [0.5, 0.6) is 0 Å². The Labute approximate surface area is 459 Å². The maximum absolute atomic E-state index is 15.4. The third-order valence-corrected chi connectivity index (χ3v) is 14.9. The molecule has 0 bridgehead atoms. The number of benzene rings is 5. The first-order valence-corrected chi connectivity index (χ1v) is 27.6. The molecule has 1 nitrogen and oxygen atoms in total. The van der Waals surface area contributed by atoms with E-state index >= 15 is 35.1 Å². The molecule has 0 fully saturated rings. The van der Waals surface area contributed by atoms with Crippen molar-refractivity contribution >= 4 is 33.7 Å². The van der Waals surface area contributed by atoms with Crippen molar-refractivity contribution in [2.45, 2.75) is 174 Å². The molecule has 0 aliphatic heterocycles. The molecule has 1 N–H and O–H groups in total. The highest BCUT2D eigenvalue weighted by atomic mass is 19.2. The van der Waals surface area contributed by atoms with Gasteiger partial charge in [-0.3, -0.25) is 0 Å². The Kier molecular flexibility index (Phi) is 27.4. The van der Waals surface area contributed by atoms with Gasteiger partial charge in [-0.25, -0.2) is 87.8 Å². The summed E-state index contributed by atoms with van der Waals surface area (Å²) in [6.45, 7) is 5.87. The lowest BCUT2D eigenvalue weighted by molar-refractivity contribution is -0.810. The van der Waals surface area contributed by atoms with Crippen molar-refractivity contribution in [3.05, 3.63) is 146 Å². The van der Waals surface area contributed by atoms with Gasteiger partial charge >= 0.3 is 0 Å². The number of halogens is 20. The van der Waals surface area contributed by atoms with Crippen molar-refractivity contribution in [1.29, 1.82) is 0 Å². The van der Waals surface area contributed by atoms with E-state index in [4.69, 9.17) is 0 Å². The van der Waals surface area contributed by atoms with Crippen LogP contribution in [0.2, 0.25) is 0 Å². The van der Waals surface area contributed by atoms with E-state index < -0.39 is 144 Å². The van der Waals surface area contributed by atoms with Crippen LogP contribution in [0.1, 0.15) is 174 Å². The van der Waals surface area contributed by atoms with Crippen LogP contribution in [0.4, 0.5) is 93.5 Å². The number of nitrogens with one attached hydrogen (secondary N) is 1. The first kappa shape index (κ1) is 68.2. The molecule has 0 aliphatic carbocycles. The Morgan fingerprint density at radius 1 is 0.259 bits per heavy atom. The van der Waals surface area contributed by atoms with Crippen LogP contribution in [0.25, 0.3) is 0 Å². The van der Waals surface area contributed by atoms with Crippen LogP contribution >= 0.6 is 0 Å². The van der Waals surface area contributed by atoms with Crippen LogP contribution < -0.4 is 26.8 Å². The maximum Gasteiger partial charge on any atom is 0.200 e. The fourth-order valence-electron chi connectivity index (χ4n) is 10.4. The average Bonchev–Trinajstić information content (AvgIpc) is 3.47. The van der Waals surface area contributed by atoms with Gasteiger partial charge in [-0.1, -0.05) is 161 Å². The zero-order valence-corrected chi connectivity index (χ0v) is 45.3. The monoisotopic (exact) mass is 1180 g/mol. The highest BCUT2D eigenvalue weighted by Gasteiger charge is 2.52. The van der Waals surface area contributed by atoms with E-state index in [2.05, 4.69) is 45.2 Å². The summed E-state index contributed by atoms with van der Waals surface area (Å²) in [6, 6.07) is 9.53. The molecule has 0 amide bonds. The minimum Gasteiger partial charge on any atom is -0.305 e. The van der Waals surface area contributed by atoms with Crippen LogP contribution in [0.3, 0.4) is 0 Å². The first-order chi connectivity index (χ1) is 38.5. The van der Waals surface area contributed by atoms with E-state index in [0.29, 0.717) is 0 Å². The molecule has 0 aromatic heterocycles. The van der Waals surface area contributed by atoms with Crippen LogP contribution in [-0.4, -0.2) is 19.7 Å². The summed E-state index contributed by atoms with van der Waals surface area (Å²) in [6.07, 6.45) is 28.5. The Balaban J connectivity index is 0.000000358. The van der Waals surface area contributed by atoms with Crippen LogP contribution in [-0.2, 0) is 6.42 Å². The van der Waals surface area contributed by atoms with Crippen molar-refractivity contribution in [2.24, 2.45) is 0 Å². The Hall–Kier alpha value is -5.28. The summed E-state index contributed by atoms with van der Waals surface area (Å²) in [5, 5.41) is 0. The van der Waals surface area contributed by atoms with Gasteiger partial charge in [0.25, 0.3) is 0 Å². The molecule has 0 saturated carbocycles. The maximum atomic E-state index is 15.4. The molecule has 450 valence electrons. The van der Waals surface area contributed by atoms with Gasteiger partial charge in [0.15, 0.2) is 69.8 Å². The largest absolute Gasteiger partial charge is 0.305 e. The van der Waals surface area contributed by atoms with E-state index in [1.165, 1.54) is 178 Å².